The van der Waals surface area contributed by atoms with Gasteiger partial charge < -0.3 is 9.84 Å². The number of rotatable bonds is 7. The van der Waals surface area contributed by atoms with Crippen LogP contribution in [0.4, 0.5) is 0 Å². The van der Waals surface area contributed by atoms with Crippen molar-refractivity contribution < 1.29 is 14.6 Å². The molecule has 0 fully saturated rings. The molecule has 0 spiro atoms. The van der Waals surface area contributed by atoms with Crippen LogP contribution in [0.25, 0.3) is 0 Å². The molecule has 100 valence electrons. The fourth-order valence-electron chi connectivity index (χ4n) is 1.57. The Labute approximate surface area is 113 Å². The Balaban J connectivity index is 2.44. The number of aryl methyl sites for hydroxylation is 2. The minimum atomic E-state index is -0.877. The second-order valence-corrected chi connectivity index (χ2v) is 5.33. The third-order valence-electron chi connectivity index (χ3n) is 2.77. The maximum absolute atomic E-state index is 10.9. The Morgan fingerprint density at radius 2 is 2.11 bits per heavy atom. The van der Waals surface area contributed by atoms with Crippen LogP contribution in [0.3, 0.4) is 0 Å². The first kappa shape index (κ1) is 15.1. The van der Waals surface area contributed by atoms with Crippen LogP contribution in [-0.2, 0) is 9.53 Å². The summed E-state index contributed by atoms with van der Waals surface area (Å²) in [4.78, 5) is 12.1. The van der Waals surface area contributed by atoms with Gasteiger partial charge in [-0.3, -0.25) is 0 Å². The predicted molar refractivity (Wildman–Crippen MR) is 74.3 cm³/mol. The van der Waals surface area contributed by atoms with Crippen molar-refractivity contribution in [1.29, 1.82) is 0 Å². The van der Waals surface area contributed by atoms with E-state index in [4.69, 9.17) is 9.84 Å². The van der Waals surface area contributed by atoms with Gasteiger partial charge in [-0.15, -0.1) is 11.8 Å². The van der Waals surface area contributed by atoms with Crippen LogP contribution in [0.1, 0.15) is 24.5 Å². The molecular weight excluding hydrogens is 248 g/mol. The van der Waals surface area contributed by atoms with Gasteiger partial charge in [0.1, 0.15) is 0 Å². The van der Waals surface area contributed by atoms with E-state index in [0.717, 1.165) is 5.75 Å². The summed E-state index contributed by atoms with van der Waals surface area (Å²) in [6.45, 7) is 6.41. The predicted octanol–water partition coefficient (Wildman–Crippen LogP) is 3.28. The highest BCUT2D eigenvalue weighted by Gasteiger charge is 2.16. The molecule has 1 aromatic rings. The van der Waals surface area contributed by atoms with Crippen LogP contribution in [-0.4, -0.2) is 29.5 Å². The van der Waals surface area contributed by atoms with Crippen LogP contribution in [0.15, 0.2) is 23.1 Å². The highest BCUT2D eigenvalue weighted by Crippen LogP contribution is 2.22. The molecule has 0 aromatic heterocycles. The molecular formula is C14H20O3S. The Hall–Kier alpha value is -1.00. The van der Waals surface area contributed by atoms with E-state index in [1.807, 2.05) is 6.92 Å². The average molecular weight is 268 g/mol. The first-order valence-electron chi connectivity index (χ1n) is 6.09. The number of thioether (sulfide) groups is 1. The fourth-order valence-corrected chi connectivity index (χ4v) is 2.56. The van der Waals surface area contributed by atoms with Crippen molar-refractivity contribution >= 4 is 17.7 Å². The van der Waals surface area contributed by atoms with Gasteiger partial charge in [0, 0.05) is 17.3 Å². The normalized spacial score (nSPS) is 12.4. The molecule has 4 heteroatoms. The first-order valence-corrected chi connectivity index (χ1v) is 7.07. The monoisotopic (exact) mass is 268 g/mol. The van der Waals surface area contributed by atoms with E-state index < -0.39 is 12.1 Å². The van der Waals surface area contributed by atoms with Crippen molar-refractivity contribution in [3.63, 3.8) is 0 Å². The topological polar surface area (TPSA) is 46.5 Å². The number of carboxylic acid groups (broad SMARTS) is 1. The number of hydrogen-bond donors (Lipinski definition) is 1. The molecule has 1 N–H and O–H groups in total. The van der Waals surface area contributed by atoms with E-state index >= 15 is 0 Å². The Morgan fingerprint density at radius 3 is 2.67 bits per heavy atom. The maximum atomic E-state index is 10.9. The van der Waals surface area contributed by atoms with Crippen LogP contribution in [0.2, 0.25) is 0 Å². The summed E-state index contributed by atoms with van der Waals surface area (Å²) in [5.41, 5.74) is 2.54. The summed E-state index contributed by atoms with van der Waals surface area (Å²) in [6.07, 6.45) is -0.158. The fraction of sp³-hybridized carbons (Fsp3) is 0.500. The Bertz CT molecular complexity index is 404. The summed E-state index contributed by atoms with van der Waals surface area (Å²) in [5.74, 6) is -0.128. The van der Waals surface area contributed by atoms with E-state index in [2.05, 4.69) is 32.0 Å². The van der Waals surface area contributed by atoms with Gasteiger partial charge in [-0.25, -0.2) is 4.79 Å². The zero-order chi connectivity index (χ0) is 13.5. The van der Waals surface area contributed by atoms with Gasteiger partial charge in [0.15, 0.2) is 6.10 Å². The van der Waals surface area contributed by atoms with Crippen molar-refractivity contribution in [2.24, 2.45) is 0 Å². The van der Waals surface area contributed by atoms with Crippen molar-refractivity contribution in [1.82, 2.24) is 0 Å². The molecule has 0 aliphatic rings. The lowest BCUT2D eigenvalue weighted by molar-refractivity contribution is -0.150. The molecule has 1 atom stereocenters. The molecule has 0 radical (unpaired) electrons. The highest BCUT2D eigenvalue weighted by molar-refractivity contribution is 7.99. The van der Waals surface area contributed by atoms with E-state index in [-0.39, 0.29) is 0 Å². The number of benzene rings is 1. The summed E-state index contributed by atoms with van der Waals surface area (Å²) < 4.78 is 5.17. The highest BCUT2D eigenvalue weighted by atomic mass is 32.2. The quantitative estimate of drug-likeness (QED) is 0.771. The number of carboxylic acids is 1. The molecule has 0 bridgehead atoms. The summed E-state index contributed by atoms with van der Waals surface area (Å²) in [6, 6.07) is 6.30. The van der Waals surface area contributed by atoms with Gasteiger partial charge >= 0.3 is 5.97 Å². The van der Waals surface area contributed by atoms with Crippen molar-refractivity contribution in [3.05, 3.63) is 29.3 Å². The lowest BCUT2D eigenvalue weighted by atomic mass is 10.1. The molecule has 1 rings (SSSR count). The lowest BCUT2D eigenvalue weighted by Gasteiger charge is -2.12. The van der Waals surface area contributed by atoms with Crippen LogP contribution in [0, 0.1) is 13.8 Å². The van der Waals surface area contributed by atoms with Crippen LogP contribution in [0.5, 0.6) is 0 Å². The second kappa shape index (κ2) is 7.44. The molecule has 1 aromatic carbocycles. The number of aliphatic carboxylic acids is 1. The molecule has 1 unspecified atom stereocenters. The van der Waals surface area contributed by atoms with Crippen LogP contribution < -0.4 is 0 Å². The zero-order valence-electron chi connectivity index (χ0n) is 11.1. The van der Waals surface area contributed by atoms with Gasteiger partial charge in [-0.2, -0.15) is 0 Å². The van der Waals surface area contributed by atoms with Crippen LogP contribution >= 0.6 is 11.8 Å². The molecule has 0 heterocycles. The molecule has 18 heavy (non-hydrogen) atoms. The van der Waals surface area contributed by atoms with E-state index in [1.54, 1.807) is 11.8 Å². The van der Waals surface area contributed by atoms with E-state index in [9.17, 15) is 4.79 Å². The molecule has 0 saturated carbocycles. The minimum absolute atomic E-state index is 0.436. The second-order valence-electron chi connectivity index (χ2n) is 4.17. The van der Waals surface area contributed by atoms with Crippen molar-refractivity contribution in [2.75, 3.05) is 12.4 Å². The lowest BCUT2D eigenvalue weighted by Crippen LogP contribution is -2.24. The molecule has 0 aliphatic heterocycles. The van der Waals surface area contributed by atoms with Gasteiger partial charge in [-0.1, -0.05) is 6.07 Å². The number of hydrogen-bond acceptors (Lipinski definition) is 3. The van der Waals surface area contributed by atoms with Gasteiger partial charge in [0.05, 0.1) is 0 Å². The van der Waals surface area contributed by atoms with Crippen molar-refractivity contribution in [3.8, 4) is 0 Å². The Morgan fingerprint density at radius 1 is 1.39 bits per heavy atom. The summed E-state index contributed by atoms with van der Waals surface area (Å²) in [7, 11) is 0. The average Bonchev–Trinajstić information content (AvgIpc) is 2.32. The molecule has 0 saturated heterocycles. The number of carbonyl (C=O) groups is 1. The van der Waals surface area contributed by atoms with E-state index in [1.165, 1.54) is 16.0 Å². The molecule has 0 aliphatic carbocycles. The third kappa shape index (κ3) is 4.70. The molecule has 0 amide bonds. The summed E-state index contributed by atoms with van der Waals surface area (Å²) in [5, 5.41) is 8.95. The van der Waals surface area contributed by atoms with Crippen molar-refractivity contribution in [2.45, 2.75) is 38.2 Å². The standard InChI is InChI=1S/C14H20O3S/c1-4-17-13(14(15)16)7-8-18-12-6-5-10(2)11(3)9-12/h5-6,9,13H,4,7-8H2,1-3H3,(H,15,16). The third-order valence-corrected chi connectivity index (χ3v) is 3.80. The SMILES string of the molecule is CCOC(CCSc1ccc(C)c(C)c1)C(=O)O. The molecule has 3 nitrogen and oxygen atoms in total. The van der Waals surface area contributed by atoms with E-state index in [0.29, 0.717) is 13.0 Å². The minimum Gasteiger partial charge on any atom is -0.479 e. The van der Waals surface area contributed by atoms with Gasteiger partial charge in [0.2, 0.25) is 0 Å². The maximum Gasteiger partial charge on any atom is 0.332 e. The zero-order valence-corrected chi connectivity index (χ0v) is 11.9. The van der Waals surface area contributed by atoms with Gasteiger partial charge in [0.25, 0.3) is 0 Å². The Kier molecular flexibility index (Phi) is 6.22. The summed E-state index contributed by atoms with van der Waals surface area (Å²) >= 11 is 1.67. The smallest absolute Gasteiger partial charge is 0.332 e. The first-order chi connectivity index (χ1) is 8.54. The van der Waals surface area contributed by atoms with Gasteiger partial charge in [-0.05, 0) is 50.5 Å². The largest absolute Gasteiger partial charge is 0.479 e. The number of ether oxygens (including phenoxy) is 1.